The number of aryl methyl sites for hydroxylation is 2. The summed E-state index contributed by atoms with van der Waals surface area (Å²) in [6.45, 7) is 8.22. The molecular weight excluding hydrogens is 478 g/mol. The van der Waals surface area contributed by atoms with E-state index in [9.17, 15) is 9.90 Å². The standard InChI is InChI=1S/C31H43N3O4/c1-31(2)16-14-27(38-21-31)25-10-3-4-11-26(25)28(30(35)36)34-18-15-24(20-34)37-19-6-5-9-23-13-12-22-8-7-17-32-29(22)33-23/h3-4,10-13,24,27-28H,5-9,14-21H2,1-2H3,(H,32,33)(H,35,36). The third kappa shape index (κ3) is 6.56. The Morgan fingerprint density at radius 1 is 1.24 bits per heavy atom. The summed E-state index contributed by atoms with van der Waals surface area (Å²) in [6.07, 6.45) is 8.13. The summed E-state index contributed by atoms with van der Waals surface area (Å²) in [5.41, 5.74) is 4.51. The Bertz CT molecular complexity index is 1090. The van der Waals surface area contributed by atoms with E-state index in [0.717, 1.165) is 80.7 Å². The lowest BCUT2D eigenvalue weighted by Crippen LogP contribution is -2.35. The number of rotatable bonds is 10. The van der Waals surface area contributed by atoms with Gasteiger partial charge in [-0.05, 0) is 79.5 Å². The monoisotopic (exact) mass is 521 g/mol. The fourth-order valence-corrected chi connectivity index (χ4v) is 6.08. The van der Waals surface area contributed by atoms with E-state index in [1.165, 1.54) is 12.0 Å². The highest BCUT2D eigenvalue weighted by molar-refractivity contribution is 5.76. The van der Waals surface area contributed by atoms with Crippen molar-refractivity contribution in [3.05, 3.63) is 58.8 Å². The molecule has 38 heavy (non-hydrogen) atoms. The van der Waals surface area contributed by atoms with Crippen molar-refractivity contribution in [2.24, 2.45) is 5.41 Å². The van der Waals surface area contributed by atoms with Crippen molar-refractivity contribution >= 4 is 11.8 Å². The Morgan fingerprint density at radius 3 is 2.92 bits per heavy atom. The lowest BCUT2D eigenvalue weighted by atomic mass is 9.82. The average Bonchev–Trinajstić information content (AvgIpc) is 3.37. The van der Waals surface area contributed by atoms with Crippen molar-refractivity contribution in [3.63, 3.8) is 0 Å². The number of aliphatic carboxylic acids is 1. The van der Waals surface area contributed by atoms with Crippen molar-refractivity contribution in [2.45, 2.75) is 83.5 Å². The summed E-state index contributed by atoms with van der Waals surface area (Å²) in [5, 5.41) is 13.7. The second-order valence-corrected chi connectivity index (χ2v) is 11.9. The molecule has 0 aliphatic carbocycles. The van der Waals surface area contributed by atoms with Gasteiger partial charge in [0.2, 0.25) is 0 Å². The summed E-state index contributed by atoms with van der Waals surface area (Å²) in [7, 11) is 0. The molecule has 7 heteroatoms. The predicted molar refractivity (Wildman–Crippen MR) is 148 cm³/mol. The molecule has 5 rings (SSSR count). The first-order chi connectivity index (χ1) is 18.4. The lowest BCUT2D eigenvalue weighted by Gasteiger charge is -2.36. The molecule has 0 radical (unpaired) electrons. The number of carboxylic acid groups (broad SMARTS) is 1. The third-order valence-corrected chi connectivity index (χ3v) is 8.30. The van der Waals surface area contributed by atoms with Crippen LogP contribution in [0.4, 0.5) is 5.82 Å². The van der Waals surface area contributed by atoms with E-state index >= 15 is 0 Å². The van der Waals surface area contributed by atoms with Crippen LogP contribution in [0.25, 0.3) is 0 Å². The minimum Gasteiger partial charge on any atom is -0.480 e. The van der Waals surface area contributed by atoms with Crippen LogP contribution < -0.4 is 5.32 Å². The SMILES string of the molecule is CC1(C)CCC(c2ccccc2C(C(=O)O)N2CCC(OCCCCc3ccc4c(n3)NCCC4)C2)OC1. The highest BCUT2D eigenvalue weighted by Crippen LogP contribution is 2.40. The van der Waals surface area contributed by atoms with Crippen LogP contribution in [0, 0.1) is 5.41 Å². The summed E-state index contributed by atoms with van der Waals surface area (Å²) < 4.78 is 12.4. The molecule has 3 aliphatic rings. The van der Waals surface area contributed by atoms with Crippen LogP contribution in [-0.4, -0.2) is 59.9 Å². The molecule has 2 N–H and O–H groups in total. The number of carboxylic acids is 1. The first-order valence-electron chi connectivity index (χ1n) is 14.4. The van der Waals surface area contributed by atoms with Crippen molar-refractivity contribution in [3.8, 4) is 0 Å². The first-order valence-corrected chi connectivity index (χ1v) is 14.4. The van der Waals surface area contributed by atoms with Gasteiger partial charge in [-0.15, -0.1) is 0 Å². The number of benzene rings is 1. The second kappa shape index (κ2) is 12.1. The van der Waals surface area contributed by atoms with Crippen LogP contribution in [-0.2, 0) is 27.1 Å². The van der Waals surface area contributed by atoms with Gasteiger partial charge in [-0.3, -0.25) is 9.69 Å². The molecule has 3 atom stereocenters. The molecule has 2 aromatic rings. The number of aromatic nitrogens is 1. The van der Waals surface area contributed by atoms with E-state index in [2.05, 4.69) is 36.2 Å². The molecule has 0 amide bonds. The molecule has 1 aromatic heterocycles. The number of hydrogen-bond acceptors (Lipinski definition) is 6. The molecule has 2 fully saturated rings. The van der Waals surface area contributed by atoms with Gasteiger partial charge >= 0.3 is 5.97 Å². The lowest BCUT2D eigenvalue weighted by molar-refractivity contribution is -0.143. The molecule has 3 unspecified atom stereocenters. The maximum Gasteiger partial charge on any atom is 0.325 e. The van der Waals surface area contributed by atoms with E-state index in [-0.39, 0.29) is 17.6 Å². The Hall–Kier alpha value is -2.48. The molecule has 7 nitrogen and oxygen atoms in total. The third-order valence-electron chi connectivity index (χ3n) is 8.30. The van der Waals surface area contributed by atoms with E-state index in [1.807, 2.05) is 24.3 Å². The summed E-state index contributed by atoms with van der Waals surface area (Å²) in [4.78, 5) is 19.4. The molecular formula is C31H43N3O4. The molecule has 3 aliphatic heterocycles. The van der Waals surface area contributed by atoms with Gasteiger partial charge in [0.15, 0.2) is 0 Å². The predicted octanol–water partition coefficient (Wildman–Crippen LogP) is 5.56. The Kier molecular flexibility index (Phi) is 8.66. The van der Waals surface area contributed by atoms with Crippen molar-refractivity contribution in [2.75, 3.05) is 38.2 Å². The number of nitrogens with one attached hydrogen (secondary N) is 1. The highest BCUT2D eigenvalue weighted by atomic mass is 16.5. The number of unbranched alkanes of at least 4 members (excludes halogenated alkanes) is 1. The van der Waals surface area contributed by atoms with E-state index in [0.29, 0.717) is 19.8 Å². The molecule has 0 bridgehead atoms. The van der Waals surface area contributed by atoms with Crippen LogP contribution in [0.15, 0.2) is 36.4 Å². The number of hydrogen-bond donors (Lipinski definition) is 2. The van der Waals surface area contributed by atoms with E-state index < -0.39 is 12.0 Å². The number of fused-ring (bicyclic) bond motifs is 1. The van der Waals surface area contributed by atoms with Crippen LogP contribution in [0.5, 0.6) is 0 Å². The van der Waals surface area contributed by atoms with Crippen molar-refractivity contribution in [1.29, 1.82) is 0 Å². The maximum atomic E-state index is 12.5. The van der Waals surface area contributed by atoms with Gasteiger partial charge in [0.05, 0.1) is 18.8 Å². The zero-order valence-corrected chi connectivity index (χ0v) is 23.0. The van der Waals surface area contributed by atoms with Gasteiger partial charge < -0.3 is 19.9 Å². The van der Waals surface area contributed by atoms with Gasteiger partial charge in [0, 0.05) is 31.9 Å². The molecule has 0 saturated carbocycles. The molecule has 4 heterocycles. The molecule has 1 aromatic carbocycles. The Labute approximate surface area is 226 Å². The van der Waals surface area contributed by atoms with Gasteiger partial charge in [-0.2, -0.15) is 0 Å². The minimum atomic E-state index is -0.804. The molecule has 2 saturated heterocycles. The second-order valence-electron chi connectivity index (χ2n) is 11.9. The molecule has 0 spiro atoms. The highest BCUT2D eigenvalue weighted by Gasteiger charge is 2.37. The van der Waals surface area contributed by atoms with Crippen LogP contribution in [0.3, 0.4) is 0 Å². The van der Waals surface area contributed by atoms with Crippen LogP contribution >= 0.6 is 0 Å². The topological polar surface area (TPSA) is 83.9 Å². The van der Waals surface area contributed by atoms with Gasteiger partial charge in [-0.25, -0.2) is 4.98 Å². The summed E-state index contributed by atoms with van der Waals surface area (Å²) in [5.74, 6) is 0.255. The number of nitrogens with zero attached hydrogens (tertiary/aromatic N) is 2. The summed E-state index contributed by atoms with van der Waals surface area (Å²) in [6, 6.07) is 11.6. The normalized spacial score (nSPS) is 23.9. The maximum absolute atomic E-state index is 12.5. The number of pyridine rings is 1. The number of likely N-dealkylation sites (tertiary alicyclic amines) is 1. The number of carbonyl (C=O) groups is 1. The van der Waals surface area contributed by atoms with E-state index in [4.69, 9.17) is 14.5 Å². The average molecular weight is 522 g/mol. The minimum absolute atomic E-state index is 0.0453. The van der Waals surface area contributed by atoms with Gasteiger partial charge in [0.1, 0.15) is 11.9 Å². The molecule has 206 valence electrons. The fourth-order valence-electron chi connectivity index (χ4n) is 6.08. The fraction of sp³-hybridized carbons (Fsp3) is 0.613. The zero-order chi connectivity index (χ0) is 26.5. The first kappa shape index (κ1) is 27.1. The Balaban J connectivity index is 1.12. The zero-order valence-electron chi connectivity index (χ0n) is 23.0. The van der Waals surface area contributed by atoms with Crippen molar-refractivity contribution in [1.82, 2.24) is 9.88 Å². The Morgan fingerprint density at radius 2 is 2.11 bits per heavy atom. The van der Waals surface area contributed by atoms with Gasteiger partial charge in [0.25, 0.3) is 0 Å². The smallest absolute Gasteiger partial charge is 0.325 e. The number of anilines is 1. The van der Waals surface area contributed by atoms with Crippen LogP contribution in [0.2, 0.25) is 0 Å². The largest absolute Gasteiger partial charge is 0.480 e. The van der Waals surface area contributed by atoms with Crippen LogP contribution in [0.1, 0.15) is 86.9 Å². The van der Waals surface area contributed by atoms with Gasteiger partial charge in [-0.1, -0.05) is 44.2 Å². The number of ether oxygens (including phenoxy) is 2. The van der Waals surface area contributed by atoms with E-state index in [1.54, 1.807) is 0 Å². The summed E-state index contributed by atoms with van der Waals surface area (Å²) >= 11 is 0. The van der Waals surface area contributed by atoms with Crippen molar-refractivity contribution < 1.29 is 19.4 Å². The quantitative estimate of drug-likeness (QED) is 0.396.